The number of halogens is 1. The van der Waals surface area contributed by atoms with Gasteiger partial charge in [-0.2, -0.15) is 0 Å². The molecule has 2 N–H and O–H groups in total. The molecular formula is C15H20FN3O. The predicted molar refractivity (Wildman–Crippen MR) is 77.3 cm³/mol. The van der Waals surface area contributed by atoms with E-state index < -0.39 is 5.82 Å². The second kappa shape index (κ2) is 4.96. The second-order valence-corrected chi connectivity index (χ2v) is 5.60. The lowest BCUT2D eigenvalue weighted by atomic mass is 9.99. The van der Waals surface area contributed by atoms with Crippen molar-refractivity contribution < 1.29 is 9.13 Å². The lowest BCUT2D eigenvalue weighted by Gasteiger charge is -2.22. The van der Waals surface area contributed by atoms with E-state index in [0.717, 1.165) is 5.52 Å². The molecule has 0 bridgehead atoms. The van der Waals surface area contributed by atoms with Crippen LogP contribution in [0.1, 0.15) is 38.6 Å². The summed E-state index contributed by atoms with van der Waals surface area (Å²) in [5.41, 5.74) is 7.49. The van der Waals surface area contributed by atoms with E-state index in [1.807, 2.05) is 4.57 Å². The molecule has 0 aliphatic heterocycles. The highest BCUT2D eigenvalue weighted by Crippen LogP contribution is 2.37. The van der Waals surface area contributed by atoms with Crippen LogP contribution >= 0.6 is 0 Å². The van der Waals surface area contributed by atoms with Crippen LogP contribution in [-0.2, 0) is 0 Å². The first kappa shape index (κ1) is 13.2. The van der Waals surface area contributed by atoms with Crippen molar-refractivity contribution in [2.45, 2.75) is 38.6 Å². The number of hydrogen-bond donors (Lipinski definition) is 1. The van der Waals surface area contributed by atoms with Gasteiger partial charge >= 0.3 is 0 Å². The van der Waals surface area contributed by atoms with Crippen LogP contribution in [0.15, 0.2) is 12.1 Å². The van der Waals surface area contributed by atoms with Gasteiger partial charge in [-0.25, -0.2) is 9.37 Å². The summed E-state index contributed by atoms with van der Waals surface area (Å²) < 4.78 is 20.8. The number of methoxy groups -OCH3 is 1. The van der Waals surface area contributed by atoms with Gasteiger partial charge in [-0.3, -0.25) is 0 Å². The SMILES string of the molecule is COc1cc2c(cc1F)nc(N)n2C(C)C1CCCC1. The molecule has 1 fully saturated rings. The number of nitrogens with zero attached hydrogens (tertiary/aromatic N) is 2. The molecule has 1 aromatic heterocycles. The molecule has 0 amide bonds. The molecule has 0 saturated heterocycles. The molecule has 5 heteroatoms. The van der Waals surface area contributed by atoms with Crippen molar-refractivity contribution in [3.8, 4) is 5.75 Å². The van der Waals surface area contributed by atoms with E-state index in [9.17, 15) is 4.39 Å². The fourth-order valence-corrected chi connectivity index (χ4v) is 3.35. The number of hydrogen-bond acceptors (Lipinski definition) is 3. The quantitative estimate of drug-likeness (QED) is 0.934. The third-order valence-electron chi connectivity index (χ3n) is 4.48. The molecule has 0 spiro atoms. The lowest BCUT2D eigenvalue weighted by Crippen LogP contribution is -2.16. The van der Waals surface area contributed by atoms with Gasteiger partial charge in [0.15, 0.2) is 11.6 Å². The van der Waals surface area contributed by atoms with Gasteiger partial charge in [0, 0.05) is 18.2 Å². The van der Waals surface area contributed by atoms with Crippen LogP contribution in [-0.4, -0.2) is 16.7 Å². The molecule has 1 unspecified atom stereocenters. The zero-order valence-corrected chi connectivity index (χ0v) is 11.9. The summed E-state index contributed by atoms with van der Waals surface area (Å²) in [6.07, 6.45) is 5.00. The summed E-state index contributed by atoms with van der Waals surface area (Å²) in [7, 11) is 1.47. The lowest BCUT2D eigenvalue weighted by molar-refractivity contribution is 0.369. The van der Waals surface area contributed by atoms with E-state index in [-0.39, 0.29) is 11.8 Å². The summed E-state index contributed by atoms with van der Waals surface area (Å²) in [5.74, 6) is 0.897. The average molecular weight is 277 g/mol. The van der Waals surface area contributed by atoms with E-state index in [4.69, 9.17) is 10.5 Å². The summed E-state index contributed by atoms with van der Waals surface area (Å²) in [6.45, 7) is 2.17. The van der Waals surface area contributed by atoms with Crippen LogP contribution in [0.2, 0.25) is 0 Å². The molecule has 2 aromatic rings. The van der Waals surface area contributed by atoms with Crippen LogP contribution in [0.25, 0.3) is 11.0 Å². The number of nitrogen functional groups attached to an aromatic ring is 1. The summed E-state index contributed by atoms with van der Waals surface area (Å²) in [4.78, 5) is 4.29. The highest BCUT2D eigenvalue weighted by molar-refractivity contribution is 5.80. The number of imidazole rings is 1. The Kier molecular flexibility index (Phi) is 3.28. The van der Waals surface area contributed by atoms with Gasteiger partial charge in [0.1, 0.15) is 0 Å². The van der Waals surface area contributed by atoms with E-state index in [2.05, 4.69) is 11.9 Å². The van der Waals surface area contributed by atoms with E-state index >= 15 is 0 Å². The third kappa shape index (κ3) is 2.01. The Hall–Kier alpha value is -1.78. The minimum Gasteiger partial charge on any atom is -0.494 e. The minimum atomic E-state index is -0.404. The predicted octanol–water partition coefficient (Wildman–Crippen LogP) is 3.52. The first-order chi connectivity index (χ1) is 9.61. The molecule has 1 aromatic carbocycles. The van der Waals surface area contributed by atoms with Crippen molar-refractivity contribution in [1.29, 1.82) is 0 Å². The van der Waals surface area contributed by atoms with E-state index in [1.165, 1.54) is 38.9 Å². The zero-order valence-electron chi connectivity index (χ0n) is 11.9. The van der Waals surface area contributed by atoms with Crippen molar-refractivity contribution >= 4 is 17.0 Å². The first-order valence-corrected chi connectivity index (χ1v) is 7.12. The van der Waals surface area contributed by atoms with Gasteiger partial charge in [0.25, 0.3) is 0 Å². The van der Waals surface area contributed by atoms with Gasteiger partial charge in [-0.15, -0.1) is 0 Å². The largest absolute Gasteiger partial charge is 0.494 e. The fourth-order valence-electron chi connectivity index (χ4n) is 3.35. The fraction of sp³-hybridized carbons (Fsp3) is 0.533. The van der Waals surface area contributed by atoms with Crippen LogP contribution < -0.4 is 10.5 Å². The van der Waals surface area contributed by atoms with Gasteiger partial charge in [0.2, 0.25) is 5.95 Å². The molecule has 3 rings (SSSR count). The normalized spacial score (nSPS) is 17.8. The Labute approximate surface area is 117 Å². The summed E-state index contributed by atoms with van der Waals surface area (Å²) >= 11 is 0. The molecule has 20 heavy (non-hydrogen) atoms. The van der Waals surface area contributed by atoms with Crippen LogP contribution in [0.4, 0.5) is 10.3 Å². The Morgan fingerprint density at radius 1 is 1.40 bits per heavy atom. The van der Waals surface area contributed by atoms with E-state index in [0.29, 0.717) is 17.4 Å². The Morgan fingerprint density at radius 2 is 2.10 bits per heavy atom. The maximum Gasteiger partial charge on any atom is 0.201 e. The molecule has 1 aliphatic carbocycles. The van der Waals surface area contributed by atoms with Crippen molar-refractivity contribution in [1.82, 2.24) is 9.55 Å². The number of nitrogens with two attached hydrogens (primary N) is 1. The summed E-state index contributed by atoms with van der Waals surface area (Å²) in [5, 5.41) is 0. The molecule has 1 heterocycles. The molecule has 0 radical (unpaired) electrons. The molecule has 4 nitrogen and oxygen atoms in total. The second-order valence-electron chi connectivity index (χ2n) is 5.60. The number of anilines is 1. The maximum absolute atomic E-state index is 13.7. The topological polar surface area (TPSA) is 53.1 Å². The smallest absolute Gasteiger partial charge is 0.201 e. The highest BCUT2D eigenvalue weighted by Gasteiger charge is 2.26. The van der Waals surface area contributed by atoms with E-state index in [1.54, 1.807) is 6.07 Å². The van der Waals surface area contributed by atoms with Crippen molar-refractivity contribution in [2.75, 3.05) is 12.8 Å². The number of aromatic nitrogens is 2. The zero-order chi connectivity index (χ0) is 14.3. The van der Waals surface area contributed by atoms with Crippen molar-refractivity contribution in [3.05, 3.63) is 17.9 Å². The van der Waals surface area contributed by atoms with Crippen LogP contribution in [0.5, 0.6) is 5.75 Å². The van der Waals surface area contributed by atoms with Gasteiger partial charge in [0.05, 0.1) is 18.1 Å². The van der Waals surface area contributed by atoms with Crippen molar-refractivity contribution in [2.24, 2.45) is 5.92 Å². The number of rotatable bonds is 3. The molecule has 1 aliphatic rings. The Morgan fingerprint density at radius 3 is 2.75 bits per heavy atom. The number of fused-ring (bicyclic) bond motifs is 1. The van der Waals surface area contributed by atoms with Gasteiger partial charge in [-0.05, 0) is 25.7 Å². The Balaban J connectivity index is 2.11. The minimum absolute atomic E-state index is 0.234. The molecule has 108 valence electrons. The maximum atomic E-state index is 13.7. The molecule has 1 atom stereocenters. The molecule has 1 saturated carbocycles. The molecular weight excluding hydrogens is 257 g/mol. The monoisotopic (exact) mass is 277 g/mol. The van der Waals surface area contributed by atoms with Crippen LogP contribution in [0, 0.1) is 11.7 Å². The van der Waals surface area contributed by atoms with Gasteiger partial charge < -0.3 is 15.0 Å². The standard InChI is InChI=1S/C15H20FN3O/c1-9(10-5-3-4-6-10)19-13-8-14(20-2)11(16)7-12(13)18-15(19)17/h7-10H,3-6H2,1-2H3,(H2,17,18). The Bertz CT molecular complexity index is 632. The number of benzene rings is 1. The average Bonchev–Trinajstić information content (AvgIpc) is 3.03. The first-order valence-electron chi connectivity index (χ1n) is 7.12. The highest BCUT2D eigenvalue weighted by atomic mass is 19.1. The summed E-state index contributed by atoms with van der Waals surface area (Å²) in [6, 6.07) is 3.36. The van der Waals surface area contributed by atoms with Gasteiger partial charge in [-0.1, -0.05) is 12.8 Å². The number of ether oxygens (including phenoxy) is 1. The van der Waals surface area contributed by atoms with Crippen LogP contribution in [0.3, 0.4) is 0 Å². The van der Waals surface area contributed by atoms with Crippen molar-refractivity contribution in [3.63, 3.8) is 0 Å². The third-order valence-corrected chi connectivity index (χ3v) is 4.48.